The lowest BCUT2D eigenvalue weighted by molar-refractivity contribution is -0.141. The minimum absolute atomic E-state index is 0.0290. The van der Waals surface area contributed by atoms with Gasteiger partial charge in [0.1, 0.15) is 6.04 Å². The van der Waals surface area contributed by atoms with Crippen LogP contribution in [0.3, 0.4) is 0 Å². The van der Waals surface area contributed by atoms with Gasteiger partial charge >= 0.3 is 5.97 Å². The molecule has 0 saturated carbocycles. The minimum atomic E-state index is -1.13. The topological polar surface area (TPSA) is 66.4 Å². The van der Waals surface area contributed by atoms with Gasteiger partial charge in [-0.1, -0.05) is 42.5 Å². The number of terminal acetylenes is 1. The van der Waals surface area contributed by atoms with Crippen molar-refractivity contribution in [1.82, 2.24) is 5.32 Å². The molecule has 0 radical (unpaired) electrons. The molecular weight excluding hydrogens is 266 g/mol. The van der Waals surface area contributed by atoms with Crippen molar-refractivity contribution in [3.05, 3.63) is 48.0 Å². The van der Waals surface area contributed by atoms with E-state index in [2.05, 4.69) is 11.2 Å². The van der Waals surface area contributed by atoms with E-state index in [1.165, 1.54) is 0 Å². The molecule has 1 unspecified atom stereocenters. The molecule has 0 aliphatic rings. The molecule has 1 atom stereocenters. The first-order valence-electron chi connectivity index (χ1n) is 6.53. The predicted octanol–water partition coefficient (Wildman–Crippen LogP) is 1.97. The fourth-order valence-electron chi connectivity index (χ4n) is 2.10. The van der Waals surface area contributed by atoms with Gasteiger partial charge in [0.05, 0.1) is 6.42 Å². The van der Waals surface area contributed by atoms with Crippen molar-refractivity contribution in [2.45, 2.75) is 18.9 Å². The van der Waals surface area contributed by atoms with Gasteiger partial charge in [0.2, 0.25) is 5.91 Å². The van der Waals surface area contributed by atoms with Gasteiger partial charge in [-0.15, -0.1) is 12.3 Å². The third-order valence-corrected chi connectivity index (χ3v) is 3.13. The molecule has 4 nitrogen and oxygen atoms in total. The summed E-state index contributed by atoms with van der Waals surface area (Å²) in [6, 6.07) is 12.5. The first kappa shape index (κ1) is 14.6. The second-order valence-electron chi connectivity index (χ2n) is 4.72. The van der Waals surface area contributed by atoms with E-state index in [1.807, 2.05) is 42.5 Å². The maximum absolute atomic E-state index is 11.9. The van der Waals surface area contributed by atoms with Gasteiger partial charge in [-0.2, -0.15) is 0 Å². The molecule has 106 valence electrons. The Labute approximate surface area is 122 Å². The van der Waals surface area contributed by atoms with E-state index in [1.54, 1.807) is 0 Å². The first-order chi connectivity index (χ1) is 10.1. The van der Waals surface area contributed by atoms with E-state index in [0.29, 0.717) is 0 Å². The van der Waals surface area contributed by atoms with Gasteiger partial charge in [0.15, 0.2) is 0 Å². The van der Waals surface area contributed by atoms with Gasteiger partial charge in [-0.3, -0.25) is 4.79 Å². The molecule has 4 heteroatoms. The zero-order valence-electron chi connectivity index (χ0n) is 11.4. The average Bonchev–Trinajstić information content (AvgIpc) is 2.46. The van der Waals surface area contributed by atoms with Gasteiger partial charge in [0.25, 0.3) is 0 Å². The van der Waals surface area contributed by atoms with Crippen molar-refractivity contribution in [3.63, 3.8) is 0 Å². The maximum Gasteiger partial charge on any atom is 0.327 e. The van der Waals surface area contributed by atoms with E-state index in [9.17, 15) is 9.59 Å². The summed E-state index contributed by atoms with van der Waals surface area (Å²) in [5.41, 5.74) is 0.830. The Morgan fingerprint density at radius 3 is 2.57 bits per heavy atom. The summed E-state index contributed by atoms with van der Waals surface area (Å²) < 4.78 is 0. The second kappa shape index (κ2) is 6.58. The van der Waals surface area contributed by atoms with Crippen molar-refractivity contribution < 1.29 is 14.7 Å². The average molecular weight is 281 g/mol. The van der Waals surface area contributed by atoms with Crippen LogP contribution in [-0.4, -0.2) is 23.0 Å². The highest BCUT2D eigenvalue weighted by molar-refractivity contribution is 5.87. The molecule has 1 amide bonds. The van der Waals surface area contributed by atoms with Crippen LogP contribution in [0, 0.1) is 12.3 Å². The molecule has 2 rings (SSSR count). The Morgan fingerprint density at radius 2 is 1.90 bits per heavy atom. The number of hydrogen-bond donors (Lipinski definition) is 2. The quantitative estimate of drug-likeness (QED) is 0.823. The van der Waals surface area contributed by atoms with E-state index in [4.69, 9.17) is 11.5 Å². The van der Waals surface area contributed by atoms with E-state index < -0.39 is 12.0 Å². The van der Waals surface area contributed by atoms with Crippen molar-refractivity contribution in [1.29, 1.82) is 0 Å². The lowest BCUT2D eigenvalue weighted by Gasteiger charge is -2.12. The van der Waals surface area contributed by atoms with Crippen LogP contribution < -0.4 is 5.32 Å². The summed E-state index contributed by atoms with van der Waals surface area (Å²) in [6.07, 6.45) is 5.19. The Bertz CT molecular complexity index is 715. The monoisotopic (exact) mass is 281 g/mol. The number of nitrogens with one attached hydrogen (secondary N) is 1. The van der Waals surface area contributed by atoms with Gasteiger partial charge in [0, 0.05) is 6.42 Å². The lowest BCUT2D eigenvalue weighted by Crippen LogP contribution is -2.41. The van der Waals surface area contributed by atoms with Crippen LogP contribution in [-0.2, 0) is 16.0 Å². The molecule has 0 aliphatic carbocycles. The summed E-state index contributed by atoms with van der Waals surface area (Å²) in [7, 11) is 0. The predicted molar refractivity (Wildman–Crippen MR) is 80.7 cm³/mol. The molecule has 0 fully saturated rings. The third-order valence-electron chi connectivity index (χ3n) is 3.13. The lowest BCUT2D eigenvalue weighted by atomic mass is 10.0. The molecule has 0 saturated heterocycles. The van der Waals surface area contributed by atoms with Crippen LogP contribution in [0.15, 0.2) is 42.5 Å². The van der Waals surface area contributed by atoms with Crippen LogP contribution >= 0.6 is 0 Å². The largest absolute Gasteiger partial charge is 0.480 e. The van der Waals surface area contributed by atoms with Gasteiger partial charge < -0.3 is 10.4 Å². The summed E-state index contributed by atoms with van der Waals surface area (Å²) in [6.45, 7) is 0. The number of carboxylic acids is 1. The van der Waals surface area contributed by atoms with Crippen molar-refractivity contribution >= 4 is 22.6 Å². The molecule has 0 bridgehead atoms. The highest BCUT2D eigenvalue weighted by atomic mass is 16.4. The molecule has 2 N–H and O–H groups in total. The van der Waals surface area contributed by atoms with E-state index in [0.717, 1.165) is 16.3 Å². The summed E-state index contributed by atoms with van der Waals surface area (Å²) in [5, 5.41) is 13.5. The Morgan fingerprint density at radius 1 is 1.19 bits per heavy atom. The smallest absolute Gasteiger partial charge is 0.327 e. The summed E-state index contributed by atoms with van der Waals surface area (Å²) in [5.74, 6) is 0.768. The fraction of sp³-hybridized carbons (Fsp3) is 0.176. The van der Waals surface area contributed by atoms with Crippen LogP contribution in [0.5, 0.6) is 0 Å². The standard InChI is InChI=1S/C17H15NO3/c1-2-5-15(17(20)21)18-16(19)11-12-8-9-13-6-3-4-7-14(13)10-12/h1,3-4,6-10,15H,5,11H2,(H,18,19)(H,20,21). The first-order valence-corrected chi connectivity index (χ1v) is 6.53. The van der Waals surface area contributed by atoms with E-state index >= 15 is 0 Å². The number of aliphatic carboxylic acids is 1. The molecule has 0 heterocycles. The van der Waals surface area contributed by atoms with Crippen molar-refractivity contribution in [2.75, 3.05) is 0 Å². The van der Waals surface area contributed by atoms with Gasteiger partial charge in [-0.25, -0.2) is 4.79 Å². The number of carbonyl (C=O) groups excluding carboxylic acids is 1. The van der Waals surface area contributed by atoms with E-state index in [-0.39, 0.29) is 18.7 Å². The van der Waals surface area contributed by atoms with Crippen LogP contribution in [0.1, 0.15) is 12.0 Å². The van der Waals surface area contributed by atoms with Crippen molar-refractivity contribution in [2.24, 2.45) is 0 Å². The number of fused-ring (bicyclic) bond motifs is 1. The summed E-state index contributed by atoms with van der Waals surface area (Å²) >= 11 is 0. The highest BCUT2D eigenvalue weighted by Crippen LogP contribution is 2.15. The maximum atomic E-state index is 11.9. The fourth-order valence-corrected chi connectivity index (χ4v) is 2.10. The van der Waals surface area contributed by atoms with Crippen LogP contribution in [0.2, 0.25) is 0 Å². The number of rotatable bonds is 5. The van der Waals surface area contributed by atoms with Crippen LogP contribution in [0.25, 0.3) is 10.8 Å². The minimum Gasteiger partial charge on any atom is -0.480 e. The number of hydrogen-bond acceptors (Lipinski definition) is 2. The molecule has 0 aliphatic heterocycles. The normalized spacial score (nSPS) is 11.6. The highest BCUT2D eigenvalue weighted by Gasteiger charge is 2.18. The molecule has 0 aromatic heterocycles. The second-order valence-corrected chi connectivity index (χ2v) is 4.72. The molecule has 0 spiro atoms. The zero-order chi connectivity index (χ0) is 15.2. The number of carbonyl (C=O) groups is 2. The molecule has 2 aromatic carbocycles. The van der Waals surface area contributed by atoms with Crippen LogP contribution in [0.4, 0.5) is 0 Å². The third kappa shape index (κ3) is 3.83. The Kier molecular flexibility index (Phi) is 4.57. The Hall–Kier alpha value is -2.80. The molecular formula is C17H15NO3. The number of amides is 1. The van der Waals surface area contributed by atoms with Crippen molar-refractivity contribution in [3.8, 4) is 12.3 Å². The SMILES string of the molecule is C#CCC(NC(=O)Cc1ccc2ccccc2c1)C(=O)O. The molecule has 2 aromatic rings. The summed E-state index contributed by atoms with van der Waals surface area (Å²) in [4.78, 5) is 22.8. The number of carboxylic acid groups (broad SMARTS) is 1. The van der Waals surface area contributed by atoms with Gasteiger partial charge in [-0.05, 0) is 16.3 Å². The zero-order valence-corrected chi connectivity index (χ0v) is 11.4. The Balaban J connectivity index is 2.07. The molecule has 21 heavy (non-hydrogen) atoms. The number of benzene rings is 2.